The Kier molecular flexibility index (Phi) is 7.42. The van der Waals surface area contributed by atoms with Crippen LogP contribution in [0.3, 0.4) is 0 Å². The Hall–Kier alpha value is -3.16. The van der Waals surface area contributed by atoms with Crippen LogP contribution in [0.25, 0.3) is 0 Å². The lowest BCUT2D eigenvalue weighted by Crippen LogP contribution is -2.23. The molecule has 33 heavy (non-hydrogen) atoms. The molecule has 1 aromatic carbocycles. The zero-order valence-electron chi connectivity index (χ0n) is 16.9. The van der Waals surface area contributed by atoms with Gasteiger partial charge in [-0.1, -0.05) is 23.9 Å². The normalized spacial score (nSPS) is 15.0. The summed E-state index contributed by atoms with van der Waals surface area (Å²) in [5.41, 5.74) is 2.53. The molecule has 4 rings (SSSR count). The lowest BCUT2D eigenvalue weighted by molar-refractivity contribution is 0.280. The van der Waals surface area contributed by atoms with Gasteiger partial charge in [0.05, 0.1) is 6.61 Å². The molecule has 1 atom stereocenters. The molecule has 3 heterocycles. The van der Waals surface area contributed by atoms with Gasteiger partial charge in [0.1, 0.15) is 10.7 Å². The van der Waals surface area contributed by atoms with E-state index in [1.54, 1.807) is 24.5 Å². The molecular formula is C20H18F2N6O3S2. The molecule has 1 unspecified atom stereocenters. The third-order valence-electron chi connectivity index (χ3n) is 4.30. The monoisotopic (exact) mass is 492 g/mol. The highest BCUT2D eigenvalue weighted by Gasteiger charge is 2.25. The van der Waals surface area contributed by atoms with E-state index in [1.165, 1.54) is 12.1 Å². The van der Waals surface area contributed by atoms with Crippen molar-refractivity contribution in [2.24, 2.45) is 5.10 Å². The Labute approximate surface area is 195 Å². The second kappa shape index (κ2) is 10.6. The van der Waals surface area contributed by atoms with Crippen LogP contribution in [0.2, 0.25) is 0 Å². The molecule has 0 amide bonds. The first-order valence-electron chi connectivity index (χ1n) is 9.67. The third-order valence-corrected chi connectivity index (χ3v) is 6.25. The number of nitrogens with zero attached hydrogens (tertiary/aromatic N) is 3. The number of ether oxygens (including phenoxy) is 1. The maximum absolute atomic E-state index is 13.9. The topological polar surface area (TPSA) is 125 Å². The second-order valence-corrected chi connectivity index (χ2v) is 8.59. The number of aromatic nitrogens is 3. The van der Waals surface area contributed by atoms with E-state index in [4.69, 9.17) is 4.74 Å². The number of rotatable bonds is 9. The molecule has 0 saturated carbocycles. The molecule has 3 aromatic rings. The van der Waals surface area contributed by atoms with E-state index in [9.17, 15) is 18.7 Å². The van der Waals surface area contributed by atoms with Gasteiger partial charge in [0.15, 0.2) is 16.8 Å². The molecule has 0 spiro atoms. The molecule has 9 nitrogen and oxygen atoms in total. The number of pyridine rings is 1. The molecule has 13 heteroatoms. The van der Waals surface area contributed by atoms with Crippen LogP contribution in [0.15, 0.2) is 62.7 Å². The minimum Gasteiger partial charge on any atom is -0.441 e. The van der Waals surface area contributed by atoms with Crippen molar-refractivity contribution in [3.63, 3.8) is 0 Å². The van der Waals surface area contributed by atoms with E-state index in [0.29, 0.717) is 5.90 Å². The number of hydrazone groups is 1. The quantitative estimate of drug-likeness (QED) is 0.263. The number of H-pyrrole nitrogens is 1. The number of hydrogen-bond acceptors (Lipinski definition) is 10. The molecule has 0 radical (unpaired) electrons. The highest BCUT2D eigenvalue weighted by atomic mass is 32.2. The number of anilines is 1. The second-order valence-electron chi connectivity index (χ2n) is 6.55. The zero-order valence-corrected chi connectivity index (χ0v) is 18.6. The van der Waals surface area contributed by atoms with Crippen molar-refractivity contribution in [1.29, 1.82) is 0 Å². The molecule has 4 N–H and O–H groups in total. The Morgan fingerprint density at radius 2 is 2.03 bits per heavy atom. The standard InChI is InChI=1S/C20H18F2N6O3S2/c21-13-3-1-2-12(14(13)22)10-32-19-25-16(24-8-9-29)15(17(30)26-19)33-20-28-27-18(31-20)11-4-6-23-7-5-11/h1-7,20,28-29H,8-10H2,(H2,24,25,26,30). The fraction of sp³-hybridized carbons (Fsp3) is 0.200. The van der Waals surface area contributed by atoms with E-state index in [0.717, 1.165) is 35.2 Å². The molecule has 1 aliphatic rings. The fourth-order valence-corrected chi connectivity index (χ4v) is 4.45. The lowest BCUT2D eigenvalue weighted by atomic mass is 10.2. The Bertz CT molecular complexity index is 1210. The number of benzene rings is 1. The van der Waals surface area contributed by atoms with E-state index >= 15 is 0 Å². The van der Waals surface area contributed by atoms with Crippen LogP contribution < -0.4 is 16.3 Å². The van der Waals surface area contributed by atoms with Crippen LogP contribution in [-0.4, -0.2) is 44.7 Å². The summed E-state index contributed by atoms with van der Waals surface area (Å²) in [7, 11) is 0. The van der Waals surface area contributed by atoms with Crippen molar-refractivity contribution in [3.05, 3.63) is 75.8 Å². The van der Waals surface area contributed by atoms with Crippen molar-refractivity contribution < 1.29 is 18.6 Å². The number of nitrogens with one attached hydrogen (secondary N) is 3. The minimum atomic E-state index is -0.941. The molecule has 0 fully saturated rings. The number of aliphatic hydroxyl groups excluding tert-OH is 1. The summed E-state index contributed by atoms with van der Waals surface area (Å²) < 4.78 is 33.1. The molecule has 1 aliphatic heterocycles. The van der Waals surface area contributed by atoms with Crippen LogP contribution in [0, 0.1) is 11.6 Å². The van der Waals surface area contributed by atoms with Gasteiger partial charge in [-0.05, 0) is 30.0 Å². The predicted molar refractivity (Wildman–Crippen MR) is 121 cm³/mol. The number of thioether (sulfide) groups is 2. The van der Waals surface area contributed by atoms with E-state index in [-0.39, 0.29) is 40.3 Å². The summed E-state index contributed by atoms with van der Waals surface area (Å²) in [6.07, 6.45) is 3.22. The van der Waals surface area contributed by atoms with E-state index in [1.807, 2.05) is 0 Å². The summed E-state index contributed by atoms with van der Waals surface area (Å²) in [6.45, 7) is -0.0204. The van der Waals surface area contributed by atoms with E-state index in [2.05, 4.69) is 30.8 Å². The van der Waals surface area contributed by atoms with Gasteiger partial charge in [-0.25, -0.2) is 13.8 Å². The maximum atomic E-state index is 13.9. The van der Waals surface area contributed by atoms with Gasteiger partial charge in [0.25, 0.3) is 5.56 Å². The molecular weight excluding hydrogens is 474 g/mol. The summed E-state index contributed by atoms with van der Waals surface area (Å²) >= 11 is 2.09. The number of halogens is 2. The number of aliphatic hydroxyl groups is 1. The van der Waals surface area contributed by atoms with Crippen LogP contribution in [0.5, 0.6) is 0 Å². The lowest BCUT2D eigenvalue weighted by Gasteiger charge is -2.14. The van der Waals surface area contributed by atoms with Crippen molar-refractivity contribution in [2.75, 3.05) is 18.5 Å². The van der Waals surface area contributed by atoms with Gasteiger partial charge >= 0.3 is 0 Å². The molecule has 0 saturated heterocycles. The highest BCUT2D eigenvalue weighted by Crippen LogP contribution is 2.30. The van der Waals surface area contributed by atoms with Gasteiger partial charge in [0, 0.05) is 35.8 Å². The summed E-state index contributed by atoms with van der Waals surface area (Å²) in [4.78, 5) is 24.0. The average molecular weight is 493 g/mol. The highest BCUT2D eigenvalue weighted by molar-refractivity contribution is 8.00. The molecule has 0 bridgehead atoms. The third kappa shape index (κ3) is 5.61. The zero-order chi connectivity index (χ0) is 23.2. The SMILES string of the molecule is O=c1[nH]c(SCc2cccc(F)c2F)nc(NCCO)c1SC1NN=C(c2ccncc2)O1. The van der Waals surface area contributed by atoms with Crippen LogP contribution in [0.1, 0.15) is 11.1 Å². The Morgan fingerprint density at radius 1 is 1.21 bits per heavy atom. The van der Waals surface area contributed by atoms with Gasteiger partial charge < -0.3 is 20.1 Å². The van der Waals surface area contributed by atoms with Crippen LogP contribution in [-0.2, 0) is 10.5 Å². The van der Waals surface area contributed by atoms with Gasteiger partial charge in [-0.15, -0.1) is 5.10 Å². The largest absolute Gasteiger partial charge is 0.441 e. The summed E-state index contributed by atoms with van der Waals surface area (Å²) in [6, 6.07) is 7.39. The van der Waals surface area contributed by atoms with Gasteiger partial charge in [-0.3, -0.25) is 15.2 Å². The molecule has 2 aromatic heterocycles. The fourth-order valence-electron chi connectivity index (χ4n) is 2.77. The summed E-state index contributed by atoms with van der Waals surface area (Å²) in [5, 5.41) is 16.4. The first kappa shape index (κ1) is 23.0. The maximum Gasteiger partial charge on any atom is 0.267 e. The van der Waals surface area contributed by atoms with Gasteiger partial charge in [0.2, 0.25) is 11.5 Å². The number of aromatic amines is 1. The average Bonchev–Trinajstić information content (AvgIpc) is 3.30. The van der Waals surface area contributed by atoms with E-state index < -0.39 is 22.8 Å². The smallest absolute Gasteiger partial charge is 0.267 e. The summed E-state index contributed by atoms with van der Waals surface area (Å²) in [5.74, 6) is -1.23. The Morgan fingerprint density at radius 3 is 2.82 bits per heavy atom. The van der Waals surface area contributed by atoms with Crippen molar-refractivity contribution in [3.8, 4) is 0 Å². The van der Waals surface area contributed by atoms with Crippen molar-refractivity contribution >= 4 is 35.2 Å². The van der Waals surface area contributed by atoms with Crippen LogP contribution >= 0.6 is 23.5 Å². The molecule has 172 valence electrons. The first-order chi connectivity index (χ1) is 16.0. The van der Waals surface area contributed by atoms with Crippen molar-refractivity contribution in [2.45, 2.75) is 21.4 Å². The first-order valence-corrected chi connectivity index (χ1v) is 11.5. The van der Waals surface area contributed by atoms with Crippen LogP contribution in [0.4, 0.5) is 14.6 Å². The molecule has 0 aliphatic carbocycles. The van der Waals surface area contributed by atoms with Crippen molar-refractivity contribution in [1.82, 2.24) is 20.4 Å². The minimum absolute atomic E-state index is 0.0644. The predicted octanol–water partition coefficient (Wildman–Crippen LogP) is 2.50. The Balaban J connectivity index is 1.49. The number of hydrogen-bond donors (Lipinski definition) is 4. The van der Waals surface area contributed by atoms with Gasteiger partial charge in [-0.2, -0.15) is 0 Å².